The minimum absolute atomic E-state index is 0.209. The Bertz CT molecular complexity index is 1110. The SMILES string of the molecule is Cc1csc(Nc2ncc(Sc3ccnc(Cl)n3)cc2OCc2ccccc2)n1. The van der Waals surface area contributed by atoms with E-state index in [0.29, 0.717) is 18.2 Å². The van der Waals surface area contributed by atoms with Gasteiger partial charge in [0.1, 0.15) is 11.6 Å². The fourth-order valence-corrected chi connectivity index (χ4v) is 4.09. The highest BCUT2D eigenvalue weighted by Crippen LogP contribution is 2.34. The van der Waals surface area contributed by atoms with Crippen molar-refractivity contribution in [3.63, 3.8) is 0 Å². The molecule has 0 aliphatic carbocycles. The summed E-state index contributed by atoms with van der Waals surface area (Å²) in [7, 11) is 0. The zero-order valence-electron chi connectivity index (χ0n) is 15.4. The van der Waals surface area contributed by atoms with Crippen LogP contribution in [-0.2, 0) is 6.61 Å². The Morgan fingerprint density at radius 2 is 2.00 bits per heavy atom. The van der Waals surface area contributed by atoms with Gasteiger partial charge in [0.15, 0.2) is 16.7 Å². The molecular formula is C20H16ClN5OS2. The van der Waals surface area contributed by atoms with E-state index in [9.17, 15) is 0 Å². The maximum absolute atomic E-state index is 6.08. The summed E-state index contributed by atoms with van der Waals surface area (Å²) in [5, 5.41) is 6.94. The van der Waals surface area contributed by atoms with Gasteiger partial charge in [0.05, 0.1) is 5.69 Å². The lowest BCUT2D eigenvalue weighted by molar-refractivity contribution is 0.306. The number of ether oxygens (including phenoxy) is 1. The number of hydrogen-bond donors (Lipinski definition) is 1. The lowest BCUT2D eigenvalue weighted by Crippen LogP contribution is -2.01. The van der Waals surface area contributed by atoms with Crippen molar-refractivity contribution in [1.29, 1.82) is 0 Å². The third kappa shape index (κ3) is 5.44. The third-order valence-corrected chi connectivity index (χ3v) is 5.69. The summed E-state index contributed by atoms with van der Waals surface area (Å²) in [6, 6.07) is 13.7. The number of hydrogen-bond acceptors (Lipinski definition) is 8. The highest BCUT2D eigenvalue weighted by molar-refractivity contribution is 7.99. The number of rotatable bonds is 7. The highest BCUT2D eigenvalue weighted by atomic mass is 35.5. The van der Waals surface area contributed by atoms with Gasteiger partial charge in [-0.25, -0.2) is 19.9 Å². The number of aromatic nitrogens is 4. The molecule has 9 heteroatoms. The molecule has 4 rings (SSSR count). The molecule has 0 bridgehead atoms. The van der Waals surface area contributed by atoms with Crippen LogP contribution in [0.25, 0.3) is 0 Å². The van der Waals surface area contributed by atoms with E-state index < -0.39 is 0 Å². The number of thiazole rings is 1. The molecule has 0 radical (unpaired) electrons. The van der Waals surface area contributed by atoms with Crippen LogP contribution >= 0.6 is 34.7 Å². The highest BCUT2D eigenvalue weighted by Gasteiger charge is 2.12. The van der Waals surface area contributed by atoms with E-state index in [1.165, 1.54) is 23.1 Å². The van der Waals surface area contributed by atoms with Gasteiger partial charge in [-0.2, -0.15) is 0 Å². The second-order valence-electron chi connectivity index (χ2n) is 5.98. The predicted octanol–water partition coefficient (Wildman–Crippen LogP) is 5.76. The van der Waals surface area contributed by atoms with Crippen LogP contribution in [0, 0.1) is 6.92 Å². The van der Waals surface area contributed by atoms with E-state index in [4.69, 9.17) is 16.3 Å². The molecule has 0 amide bonds. The molecule has 1 N–H and O–H groups in total. The van der Waals surface area contributed by atoms with Gasteiger partial charge in [-0.3, -0.25) is 0 Å². The quantitative estimate of drug-likeness (QED) is 0.288. The largest absolute Gasteiger partial charge is 0.485 e. The number of pyridine rings is 1. The number of nitrogens with one attached hydrogen (secondary N) is 1. The average Bonchev–Trinajstić information content (AvgIpc) is 3.13. The van der Waals surface area contributed by atoms with Gasteiger partial charge >= 0.3 is 0 Å². The van der Waals surface area contributed by atoms with Gasteiger partial charge in [-0.05, 0) is 36.2 Å². The van der Waals surface area contributed by atoms with Crippen molar-refractivity contribution in [1.82, 2.24) is 19.9 Å². The smallest absolute Gasteiger partial charge is 0.223 e. The summed E-state index contributed by atoms with van der Waals surface area (Å²) in [5.74, 6) is 1.24. The first-order valence-electron chi connectivity index (χ1n) is 8.68. The van der Waals surface area contributed by atoms with Gasteiger partial charge < -0.3 is 10.1 Å². The number of benzene rings is 1. The average molecular weight is 442 g/mol. The first-order chi connectivity index (χ1) is 14.2. The van der Waals surface area contributed by atoms with Crippen LogP contribution in [0.15, 0.2) is 70.2 Å². The van der Waals surface area contributed by atoms with E-state index in [0.717, 1.165) is 26.3 Å². The Hall–Kier alpha value is -2.68. The maximum Gasteiger partial charge on any atom is 0.223 e. The van der Waals surface area contributed by atoms with E-state index in [1.54, 1.807) is 18.5 Å². The maximum atomic E-state index is 6.08. The first kappa shape index (κ1) is 19.6. The van der Waals surface area contributed by atoms with Crippen molar-refractivity contribution in [3.05, 3.63) is 76.8 Å². The minimum atomic E-state index is 0.209. The van der Waals surface area contributed by atoms with Gasteiger partial charge in [0.25, 0.3) is 0 Å². The van der Waals surface area contributed by atoms with Crippen LogP contribution < -0.4 is 10.1 Å². The molecule has 0 atom stereocenters. The molecule has 29 heavy (non-hydrogen) atoms. The van der Waals surface area contributed by atoms with E-state index in [1.807, 2.05) is 48.7 Å². The number of aryl methyl sites for hydroxylation is 1. The van der Waals surface area contributed by atoms with Crippen LogP contribution in [0.1, 0.15) is 11.3 Å². The summed E-state index contributed by atoms with van der Waals surface area (Å²) in [5.41, 5.74) is 2.03. The van der Waals surface area contributed by atoms with Crippen LogP contribution in [0.2, 0.25) is 5.28 Å². The van der Waals surface area contributed by atoms with Crippen LogP contribution in [0.3, 0.4) is 0 Å². The van der Waals surface area contributed by atoms with Crippen molar-refractivity contribution in [2.45, 2.75) is 23.5 Å². The monoisotopic (exact) mass is 441 g/mol. The predicted molar refractivity (Wildman–Crippen MR) is 116 cm³/mol. The molecular weight excluding hydrogens is 426 g/mol. The van der Waals surface area contributed by atoms with Crippen molar-refractivity contribution in [2.24, 2.45) is 0 Å². The number of halogens is 1. The van der Waals surface area contributed by atoms with Crippen LogP contribution in [0.5, 0.6) is 5.75 Å². The molecule has 0 fully saturated rings. The fourth-order valence-electron chi connectivity index (χ4n) is 2.43. The van der Waals surface area contributed by atoms with Crippen LogP contribution in [0.4, 0.5) is 10.9 Å². The molecule has 0 saturated carbocycles. The van der Waals surface area contributed by atoms with E-state index in [2.05, 4.69) is 25.3 Å². The molecule has 4 aromatic rings. The summed E-state index contributed by atoms with van der Waals surface area (Å²) in [4.78, 5) is 18.0. The Kier molecular flexibility index (Phi) is 6.24. The van der Waals surface area contributed by atoms with Gasteiger partial charge in [-0.15, -0.1) is 11.3 Å². The summed E-state index contributed by atoms with van der Waals surface area (Å²) < 4.78 is 6.08. The molecule has 0 saturated heterocycles. The second kappa shape index (κ2) is 9.21. The summed E-state index contributed by atoms with van der Waals surface area (Å²) in [6.45, 7) is 2.38. The fraction of sp³-hybridized carbons (Fsp3) is 0.100. The van der Waals surface area contributed by atoms with Crippen molar-refractivity contribution < 1.29 is 4.74 Å². The third-order valence-electron chi connectivity index (χ3n) is 3.73. The van der Waals surface area contributed by atoms with E-state index in [-0.39, 0.29) is 5.28 Å². The Morgan fingerprint density at radius 1 is 1.14 bits per heavy atom. The normalized spacial score (nSPS) is 10.7. The number of nitrogens with zero attached hydrogens (tertiary/aromatic N) is 4. The molecule has 146 valence electrons. The molecule has 0 aliphatic rings. The van der Waals surface area contributed by atoms with E-state index >= 15 is 0 Å². The van der Waals surface area contributed by atoms with Gasteiger partial charge in [0, 0.05) is 22.7 Å². The van der Waals surface area contributed by atoms with Gasteiger partial charge in [-0.1, -0.05) is 42.1 Å². The van der Waals surface area contributed by atoms with Crippen molar-refractivity contribution >= 4 is 45.6 Å². The Morgan fingerprint density at radius 3 is 2.76 bits per heavy atom. The Labute approximate surface area is 181 Å². The lowest BCUT2D eigenvalue weighted by atomic mass is 10.2. The zero-order chi connectivity index (χ0) is 20.1. The molecule has 6 nitrogen and oxygen atoms in total. The summed E-state index contributed by atoms with van der Waals surface area (Å²) in [6.07, 6.45) is 3.39. The topological polar surface area (TPSA) is 72.8 Å². The van der Waals surface area contributed by atoms with Crippen LogP contribution in [-0.4, -0.2) is 19.9 Å². The van der Waals surface area contributed by atoms with Gasteiger partial charge in [0.2, 0.25) is 5.28 Å². The second-order valence-corrected chi connectivity index (χ2v) is 8.27. The first-order valence-corrected chi connectivity index (χ1v) is 10.8. The molecule has 0 spiro atoms. The zero-order valence-corrected chi connectivity index (χ0v) is 17.8. The Balaban J connectivity index is 1.59. The molecule has 3 aromatic heterocycles. The van der Waals surface area contributed by atoms with Crippen molar-refractivity contribution in [3.8, 4) is 5.75 Å². The van der Waals surface area contributed by atoms with Crippen molar-refractivity contribution in [2.75, 3.05) is 5.32 Å². The summed E-state index contributed by atoms with van der Waals surface area (Å²) >= 11 is 8.84. The number of anilines is 2. The minimum Gasteiger partial charge on any atom is -0.485 e. The molecule has 3 heterocycles. The lowest BCUT2D eigenvalue weighted by Gasteiger charge is -2.13. The molecule has 0 aliphatic heterocycles. The molecule has 1 aromatic carbocycles. The molecule has 0 unspecified atom stereocenters. The standard InChI is InChI=1S/C20H16ClN5OS2/c1-13-12-28-20(24-13)26-18-16(27-11-14-5-3-2-4-6-14)9-15(10-23-18)29-17-7-8-22-19(21)25-17/h2-10,12H,11H2,1H3,(H,23,24,26).